The summed E-state index contributed by atoms with van der Waals surface area (Å²) in [6, 6.07) is 11.0. The van der Waals surface area contributed by atoms with Crippen molar-refractivity contribution in [2.75, 3.05) is 7.11 Å². The third-order valence-electron chi connectivity index (χ3n) is 3.69. The lowest BCUT2D eigenvalue weighted by molar-refractivity contribution is -0.384. The first-order valence-electron chi connectivity index (χ1n) is 7.04. The van der Waals surface area contributed by atoms with E-state index in [1.165, 1.54) is 13.3 Å². The van der Waals surface area contributed by atoms with Gasteiger partial charge in [0.05, 0.1) is 28.0 Å². The minimum Gasteiger partial charge on any atom is -0.465 e. The number of para-hydroxylation sites is 1. The summed E-state index contributed by atoms with van der Waals surface area (Å²) in [5.74, 6) is -0.658. The Morgan fingerprint density at radius 3 is 2.36 bits per heavy atom. The molecule has 0 bridgehead atoms. The van der Waals surface area contributed by atoms with Gasteiger partial charge < -0.3 is 4.74 Å². The number of methoxy groups -OCH3 is 1. The van der Waals surface area contributed by atoms with Crippen LogP contribution in [0.3, 0.4) is 0 Å². The molecule has 0 spiro atoms. The van der Waals surface area contributed by atoms with Crippen LogP contribution in [0.15, 0.2) is 59.6 Å². The van der Waals surface area contributed by atoms with Crippen molar-refractivity contribution in [1.29, 1.82) is 0 Å². The normalized spacial score (nSPS) is 11.4. The molecule has 25 heavy (non-hydrogen) atoms. The summed E-state index contributed by atoms with van der Waals surface area (Å²) >= 11 is 0. The van der Waals surface area contributed by atoms with E-state index >= 15 is 0 Å². The van der Waals surface area contributed by atoms with Gasteiger partial charge in [0, 0.05) is 23.7 Å². The summed E-state index contributed by atoms with van der Waals surface area (Å²) in [6.45, 7) is 0. The zero-order valence-electron chi connectivity index (χ0n) is 12.9. The highest BCUT2D eigenvalue weighted by Crippen LogP contribution is 2.27. The maximum Gasteiger partial charge on any atom is 0.340 e. The van der Waals surface area contributed by atoms with E-state index in [-0.39, 0.29) is 16.1 Å². The number of nitro groups is 1. The maximum atomic E-state index is 12.9. The fourth-order valence-corrected chi connectivity index (χ4v) is 3.84. The minimum absolute atomic E-state index is 0.114. The summed E-state index contributed by atoms with van der Waals surface area (Å²) in [7, 11) is -2.84. The van der Waals surface area contributed by atoms with E-state index in [0.29, 0.717) is 10.9 Å². The molecule has 128 valence electrons. The zero-order valence-corrected chi connectivity index (χ0v) is 13.8. The molecule has 0 aliphatic heterocycles. The van der Waals surface area contributed by atoms with Gasteiger partial charge in [-0.2, -0.15) is 0 Å². The predicted octanol–water partition coefficient (Wildman–Crippen LogP) is 2.57. The second-order valence-electron chi connectivity index (χ2n) is 5.10. The largest absolute Gasteiger partial charge is 0.465 e. The Morgan fingerprint density at radius 1 is 1.12 bits per heavy atom. The molecule has 0 saturated carbocycles. The Bertz CT molecular complexity index is 1080. The average molecular weight is 360 g/mol. The number of hydrogen-bond acceptors (Lipinski definition) is 6. The van der Waals surface area contributed by atoms with Gasteiger partial charge in [-0.05, 0) is 18.2 Å². The van der Waals surface area contributed by atoms with Crippen molar-refractivity contribution in [2.24, 2.45) is 0 Å². The molecule has 0 unspecified atom stereocenters. The van der Waals surface area contributed by atoms with Crippen molar-refractivity contribution >= 4 is 32.6 Å². The molecule has 0 amide bonds. The van der Waals surface area contributed by atoms with Gasteiger partial charge in [-0.15, -0.1) is 0 Å². The molecule has 0 aliphatic carbocycles. The number of fused-ring (bicyclic) bond motifs is 1. The summed E-state index contributed by atoms with van der Waals surface area (Å²) in [5.41, 5.74) is 0.205. The molecule has 1 aromatic heterocycles. The minimum atomic E-state index is -4.04. The fraction of sp³-hybridized carbons (Fsp3) is 0.0625. The highest BCUT2D eigenvalue weighted by atomic mass is 32.2. The number of rotatable bonds is 4. The lowest BCUT2D eigenvalue weighted by atomic mass is 10.2. The highest BCUT2D eigenvalue weighted by Gasteiger charge is 2.24. The lowest BCUT2D eigenvalue weighted by Gasteiger charge is -2.07. The van der Waals surface area contributed by atoms with Crippen molar-refractivity contribution in [3.8, 4) is 0 Å². The number of ether oxygens (including phenoxy) is 1. The molecular weight excluding hydrogens is 348 g/mol. The molecule has 0 radical (unpaired) electrons. The summed E-state index contributed by atoms with van der Waals surface area (Å²) in [6.07, 6.45) is 1.19. The van der Waals surface area contributed by atoms with Crippen LogP contribution in [0, 0.1) is 10.1 Å². The van der Waals surface area contributed by atoms with E-state index in [4.69, 9.17) is 4.74 Å². The number of hydrogen-bond donors (Lipinski definition) is 0. The molecule has 3 aromatic rings. The van der Waals surface area contributed by atoms with E-state index in [9.17, 15) is 23.3 Å². The van der Waals surface area contributed by atoms with Gasteiger partial charge in [-0.25, -0.2) is 17.2 Å². The Balaban J connectivity index is 2.21. The monoisotopic (exact) mass is 360 g/mol. The number of nitro benzene ring substituents is 1. The number of non-ortho nitro benzene ring substituents is 1. The van der Waals surface area contributed by atoms with Gasteiger partial charge in [0.25, 0.3) is 15.7 Å². The van der Waals surface area contributed by atoms with Crippen molar-refractivity contribution in [3.05, 3.63) is 70.4 Å². The molecule has 2 aromatic carbocycles. The Labute approximate surface area is 142 Å². The smallest absolute Gasteiger partial charge is 0.340 e. The van der Waals surface area contributed by atoms with Crippen LogP contribution in [-0.2, 0) is 14.8 Å². The van der Waals surface area contributed by atoms with Crippen LogP contribution in [0.2, 0.25) is 0 Å². The first-order valence-corrected chi connectivity index (χ1v) is 8.48. The van der Waals surface area contributed by atoms with E-state index in [0.717, 1.165) is 28.2 Å². The molecule has 0 fully saturated rings. The third kappa shape index (κ3) is 2.74. The number of carbonyl (C=O) groups excluding carboxylic acids is 1. The Morgan fingerprint density at radius 2 is 1.76 bits per heavy atom. The van der Waals surface area contributed by atoms with Crippen LogP contribution in [0.5, 0.6) is 0 Å². The van der Waals surface area contributed by atoms with Gasteiger partial charge in [0.2, 0.25) is 0 Å². The standard InChI is InChI=1S/C16H12N2O6S/c1-24-16(19)14-10-17(15-5-3-2-4-13(14)15)25(22,23)12-8-6-11(7-9-12)18(20)21/h2-10H,1H3. The molecule has 0 N–H and O–H groups in total. The van der Waals surface area contributed by atoms with Crippen LogP contribution in [0.25, 0.3) is 10.9 Å². The van der Waals surface area contributed by atoms with Crippen LogP contribution in [0.4, 0.5) is 5.69 Å². The third-order valence-corrected chi connectivity index (χ3v) is 5.38. The molecular formula is C16H12N2O6S. The number of benzene rings is 2. The van der Waals surface area contributed by atoms with Crippen molar-refractivity contribution in [2.45, 2.75) is 4.90 Å². The van der Waals surface area contributed by atoms with Gasteiger partial charge in [-0.1, -0.05) is 18.2 Å². The summed E-state index contributed by atoms with van der Waals surface area (Å²) in [4.78, 5) is 21.9. The van der Waals surface area contributed by atoms with Gasteiger partial charge in [-0.3, -0.25) is 10.1 Å². The Kier molecular flexibility index (Phi) is 4.01. The fourth-order valence-electron chi connectivity index (χ4n) is 2.47. The molecule has 0 atom stereocenters. The van der Waals surface area contributed by atoms with Gasteiger partial charge in [0.15, 0.2) is 0 Å². The quantitative estimate of drug-likeness (QED) is 0.402. The van der Waals surface area contributed by atoms with Crippen LogP contribution in [-0.4, -0.2) is 30.4 Å². The molecule has 3 rings (SSSR count). The number of carbonyl (C=O) groups is 1. The van der Waals surface area contributed by atoms with Crippen molar-refractivity contribution in [1.82, 2.24) is 3.97 Å². The second-order valence-corrected chi connectivity index (χ2v) is 6.92. The second kappa shape index (κ2) is 6.02. The van der Waals surface area contributed by atoms with Gasteiger partial charge in [0.1, 0.15) is 0 Å². The van der Waals surface area contributed by atoms with Crippen molar-refractivity contribution < 1.29 is 22.9 Å². The van der Waals surface area contributed by atoms with E-state index in [2.05, 4.69) is 0 Å². The summed E-state index contributed by atoms with van der Waals surface area (Å²) < 4.78 is 31.5. The molecule has 8 nitrogen and oxygen atoms in total. The van der Waals surface area contributed by atoms with E-state index in [1.807, 2.05) is 0 Å². The number of aromatic nitrogens is 1. The molecule has 0 aliphatic rings. The molecule has 1 heterocycles. The number of nitrogens with zero attached hydrogens (tertiary/aromatic N) is 2. The first-order chi connectivity index (χ1) is 11.9. The van der Waals surface area contributed by atoms with E-state index in [1.54, 1.807) is 24.3 Å². The zero-order chi connectivity index (χ0) is 18.2. The van der Waals surface area contributed by atoms with Crippen molar-refractivity contribution in [3.63, 3.8) is 0 Å². The molecule has 0 saturated heterocycles. The van der Waals surface area contributed by atoms with E-state index < -0.39 is 20.9 Å². The average Bonchev–Trinajstić information content (AvgIpc) is 3.01. The van der Waals surface area contributed by atoms with Crippen LogP contribution in [0.1, 0.15) is 10.4 Å². The SMILES string of the molecule is COC(=O)c1cn(S(=O)(=O)c2ccc([N+](=O)[O-])cc2)c2ccccc12. The van der Waals surface area contributed by atoms with Crippen LogP contribution >= 0.6 is 0 Å². The maximum absolute atomic E-state index is 12.9. The predicted molar refractivity (Wildman–Crippen MR) is 89.0 cm³/mol. The first kappa shape index (κ1) is 16.7. The lowest BCUT2D eigenvalue weighted by Crippen LogP contribution is -2.12. The number of esters is 1. The van der Waals surface area contributed by atoms with Crippen LogP contribution < -0.4 is 0 Å². The summed E-state index contributed by atoms with van der Waals surface area (Å²) in [5, 5.41) is 11.1. The van der Waals surface area contributed by atoms with Gasteiger partial charge >= 0.3 is 5.97 Å². The highest BCUT2D eigenvalue weighted by molar-refractivity contribution is 7.90. The topological polar surface area (TPSA) is 109 Å². The molecule has 9 heteroatoms. The Hall–Kier alpha value is -3.20.